The van der Waals surface area contributed by atoms with Crippen molar-refractivity contribution < 1.29 is 5.11 Å². The molecule has 5 nitrogen and oxygen atoms in total. The van der Waals surface area contributed by atoms with Crippen LogP contribution in [0, 0.1) is 6.92 Å². The van der Waals surface area contributed by atoms with Crippen LogP contribution in [0.4, 0.5) is 28.6 Å². The van der Waals surface area contributed by atoms with Gasteiger partial charge in [0, 0.05) is 29.8 Å². The molecule has 3 heterocycles. The van der Waals surface area contributed by atoms with Gasteiger partial charge in [0.25, 0.3) is 0 Å². The summed E-state index contributed by atoms with van der Waals surface area (Å²) in [5.41, 5.74) is 11.7. The van der Waals surface area contributed by atoms with Crippen LogP contribution in [0.15, 0.2) is 140 Å². The van der Waals surface area contributed by atoms with Gasteiger partial charge in [-0.15, -0.1) is 0 Å². The molecule has 45 heavy (non-hydrogen) atoms. The molecule has 0 fully saturated rings. The van der Waals surface area contributed by atoms with E-state index in [0.717, 1.165) is 73.0 Å². The van der Waals surface area contributed by atoms with Crippen LogP contribution >= 0.6 is 0 Å². The van der Waals surface area contributed by atoms with Gasteiger partial charge in [-0.1, -0.05) is 84.9 Å². The summed E-state index contributed by atoms with van der Waals surface area (Å²) in [6, 6.07) is 45.5. The van der Waals surface area contributed by atoms with Crippen molar-refractivity contribution in [3.05, 3.63) is 145 Å². The molecule has 0 bridgehead atoms. The van der Waals surface area contributed by atoms with Crippen molar-refractivity contribution in [1.29, 1.82) is 0 Å². The van der Waals surface area contributed by atoms with Crippen molar-refractivity contribution in [2.75, 3.05) is 16.8 Å². The number of fused-ring (bicyclic) bond motifs is 3. The van der Waals surface area contributed by atoms with Gasteiger partial charge in [0.1, 0.15) is 17.1 Å². The number of aromatic nitrogens is 2. The highest BCUT2D eigenvalue weighted by atomic mass is 16.3. The topological polar surface area (TPSA) is 52.5 Å². The number of pyridine rings is 2. The molecule has 0 atom stereocenters. The third-order valence-corrected chi connectivity index (χ3v) is 8.70. The largest absolute Gasteiger partial charge is 0.505 e. The summed E-state index contributed by atoms with van der Waals surface area (Å²) < 4.78 is 0. The summed E-state index contributed by atoms with van der Waals surface area (Å²) in [4.78, 5) is 14.2. The quantitative estimate of drug-likeness (QED) is 0.224. The number of anilines is 5. The minimum absolute atomic E-state index is 0.187. The molecule has 1 N–H and O–H groups in total. The van der Waals surface area contributed by atoms with E-state index in [1.54, 1.807) is 0 Å². The van der Waals surface area contributed by atoms with Crippen molar-refractivity contribution in [3.8, 4) is 39.3 Å². The Balaban J connectivity index is 1.23. The first-order chi connectivity index (χ1) is 22.1. The molecule has 0 spiro atoms. The Kier molecular flexibility index (Phi) is 6.31. The lowest BCUT2D eigenvalue weighted by Crippen LogP contribution is -2.24. The van der Waals surface area contributed by atoms with Gasteiger partial charge in [0.15, 0.2) is 0 Å². The van der Waals surface area contributed by atoms with Crippen LogP contribution in [-0.4, -0.2) is 22.1 Å². The number of benzene rings is 5. The molecule has 0 saturated carbocycles. The van der Waals surface area contributed by atoms with Crippen LogP contribution in [-0.2, 0) is 0 Å². The smallest absolute Gasteiger partial charge is 0.149 e. The molecule has 216 valence electrons. The third kappa shape index (κ3) is 4.48. The van der Waals surface area contributed by atoms with Crippen molar-refractivity contribution in [3.63, 3.8) is 0 Å². The Morgan fingerprint density at radius 1 is 0.578 bits per heavy atom. The maximum atomic E-state index is 11.6. The minimum Gasteiger partial charge on any atom is -0.505 e. The Morgan fingerprint density at radius 3 is 2.02 bits per heavy atom. The van der Waals surface area contributed by atoms with E-state index < -0.39 is 0 Å². The summed E-state index contributed by atoms with van der Waals surface area (Å²) in [6.45, 7) is 2.07. The second kappa shape index (κ2) is 10.6. The fourth-order valence-corrected chi connectivity index (χ4v) is 6.38. The minimum atomic E-state index is 0.187. The van der Waals surface area contributed by atoms with Crippen LogP contribution in [0.1, 0.15) is 5.56 Å². The summed E-state index contributed by atoms with van der Waals surface area (Å²) in [6.07, 6.45) is 1.82. The molecule has 8 rings (SSSR count). The number of hydrogen-bond donors (Lipinski definition) is 1. The number of phenolic OH excluding ortho intramolecular Hbond substituents is 1. The predicted molar refractivity (Wildman–Crippen MR) is 185 cm³/mol. The van der Waals surface area contributed by atoms with E-state index in [9.17, 15) is 5.11 Å². The molecule has 0 amide bonds. The zero-order valence-corrected chi connectivity index (χ0v) is 25.0. The summed E-state index contributed by atoms with van der Waals surface area (Å²) in [5.74, 6) is 1.03. The van der Waals surface area contributed by atoms with Crippen LogP contribution in [0.5, 0.6) is 5.75 Å². The molecular formula is C40H30N4O. The van der Waals surface area contributed by atoms with Crippen molar-refractivity contribution >= 4 is 39.5 Å². The van der Waals surface area contributed by atoms with Crippen molar-refractivity contribution in [2.45, 2.75) is 6.92 Å². The van der Waals surface area contributed by atoms with Gasteiger partial charge in [-0.05, 0) is 77.7 Å². The van der Waals surface area contributed by atoms with E-state index in [1.165, 1.54) is 0 Å². The molecule has 0 aliphatic carbocycles. The summed E-state index contributed by atoms with van der Waals surface area (Å²) in [7, 11) is 2.09. The average molecular weight is 583 g/mol. The molecule has 0 radical (unpaired) electrons. The Hall–Kier alpha value is -5.94. The normalized spacial score (nSPS) is 12.2. The van der Waals surface area contributed by atoms with Gasteiger partial charge in [0.2, 0.25) is 0 Å². The zero-order valence-electron chi connectivity index (χ0n) is 25.0. The highest BCUT2D eigenvalue weighted by molar-refractivity contribution is 5.99. The van der Waals surface area contributed by atoms with E-state index in [-0.39, 0.29) is 5.75 Å². The second-order valence-corrected chi connectivity index (χ2v) is 11.4. The highest BCUT2D eigenvalue weighted by Crippen LogP contribution is 2.51. The van der Waals surface area contributed by atoms with Crippen LogP contribution in [0.2, 0.25) is 0 Å². The van der Waals surface area contributed by atoms with Crippen LogP contribution in [0.3, 0.4) is 0 Å². The monoisotopic (exact) mass is 582 g/mol. The molecule has 1 aliphatic heterocycles. The fourth-order valence-electron chi connectivity index (χ4n) is 6.38. The average Bonchev–Trinajstić information content (AvgIpc) is 3.10. The maximum Gasteiger partial charge on any atom is 0.149 e. The highest BCUT2D eigenvalue weighted by Gasteiger charge is 2.28. The standard InChI is InChI=1S/C40H30N4O/c1-26-24-32(29-17-15-28(16-18-29)27-10-4-3-5-11-27)40(45)39-31(26)20-21-33(42-39)30-19-22-35-37(25-30)44(38-14-8-9-23-41-38)36-13-7-6-12-34(36)43(35)2/h3-25,45H,1-2H3. The third-order valence-electron chi connectivity index (χ3n) is 8.70. The lowest BCUT2D eigenvalue weighted by molar-refractivity contribution is 0.482. The van der Waals surface area contributed by atoms with Gasteiger partial charge in [-0.25, -0.2) is 9.97 Å². The number of phenols is 1. The van der Waals surface area contributed by atoms with Crippen molar-refractivity contribution in [1.82, 2.24) is 9.97 Å². The van der Waals surface area contributed by atoms with Crippen LogP contribution in [0.25, 0.3) is 44.4 Å². The van der Waals surface area contributed by atoms with Gasteiger partial charge in [0.05, 0.1) is 28.4 Å². The van der Waals surface area contributed by atoms with Crippen LogP contribution < -0.4 is 9.80 Å². The zero-order chi connectivity index (χ0) is 30.5. The van der Waals surface area contributed by atoms with Gasteiger partial charge in [-0.3, -0.25) is 4.90 Å². The van der Waals surface area contributed by atoms with E-state index in [0.29, 0.717) is 5.52 Å². The summed E-state index contributed by atoms with van der Waals surface area (Å²) in [5, 5.41) is 12.6. The van der Waals surface area contributed by atoms with Gasteiger partial charge >= 0.3 is 0 Å². The lowest BCUT2D eigenvalue weighted by Gasteiger charge is -2.38. The Labute approximate surface area is 262 Å². The molecule has 5 aromatic carbocycles. The van der Waals surface area contributed by atoms with E-state index >= 15 is 0 Å². The first-order valence-electron chi connectivity index (χ1n) is 15.0. The summed E-state index contributed by atoms with van der Waals surface area (Å²) >= 11 is 0. The van der Waals surface area contributed by atoms with Gasteiger partial charge < -0.3 is 10.0 Å². The SMILES string of the molecule is Cc1cc(-c2ccc(-c3ccccc3)cc2)c(O)c2nc(-c3ccc4c(c3)N(c3ccccn3)c3ccccc3N4C)ccc12. The number of para-hydroxylation sites is 2. The van der Waals surface area contributed by atoms with E-state index in [4.69, 9.17) is 9.97 Å². The van der Waals surface area contributed by atoms with E-state index in [1.807, 2.05) is 54.7 Å². The number of hydrogen-bond acceptors (Lipinski definition) is 5. The number of rotatable bonds is 4. The molecule has 0 unspecified atom stereocenters. The molecule has 7 aromatic rings. The first kappa shape index (κ1) is 26.7. The van der Waals surface area contributed by atoms with E-state index in [2.05, 4.69) is 109 Å². The maximum absolute atomic E-state index is 11.6. The predicted octanol–water partition coefficient (Wildman–Crippen LogP) is 10.2. The Morgan fingerprint density at radius 2 is 1.24 bits per heavy atom. The van der Waals surface area contributed by atoms with Crippen molar-refractivity contribution in [2.24, 2.45) is 0 Å². The second-order valence-electron chi connectivity index (χ2n) is 11.4. The molecule has 0 saturated heterocycles. The van der Waals surface area contributed by atoms with Gasteiger partial charge in [-0.2, -0.15) is 0 Å². The molecule has 1 aliphatic rings. The number of aryl methyl sites for hydroxylation is 1. The Bertz CT molecular complexity index is 2200. The molecule has 2 aromatic heterocycles. The molecule has 5 heteroatoms. The molecular weight excluding hydrogens is 552 g/mol. The fraction of sp³-hybridized carbons (Fsp3) is 0.0500. The number of aromatic hydroxyl groups is 1. The number of nitrogens with zero attached hydrogens (tertiary/aromatic N) is 4. The lowest BCUT2D eigenvalue weighted by atomic mass is 9.96. The first-order valence-corrected chi connectivity index (χ1v) is 15.0.